The first-order valence-electron chi connectivity index (χ1n) is 12.8. The minimum Gasteiger partial charge on any atom is -0.496 e. The number of rotatable bonds is 8. The summed E-state index contributed by atoms with van der Waals surface area (Å²) in [6.45, 7) is 3.68. The van der Waals surface area contributed by atoms with E-state index in [9.17, 15) is 14.0 Å². The zero-order valence-corrected chi connectivity index (χ0v) is 24.9. The van der Waals surface area contributed by atoms with Crippen LogP contribution < -0.4 is 24.4 Å². The Balaban J connectivity index is 1.62. The molecule has 0 amide bonds. The van der Waals surface area contributed by atoms with Gasteiger partial charge in [-0.1, -0.05) is 53.8 Å². The van der Waals surface area contributed by atoms with Gasteiger partial charge in [0.15, 0.2) is 4.80 Å². The molecule has 210 valence electrons. The minimum absolute atomic E-state index is 0.0349. The molecular formula is C31H26BrFN2O5S. The second-order valence-corrected chi connectivity index (χ2v) is 11.0. The van der Waals surface area contributed by atoms with Gasteiger partial charge >= 0.3 is 5.97 Å². The smallest absolute Gasteiger partial charge is 0.338 e. The number of fused-ring (bicyclic) bond motifs is 1. The Morgan fingerprint density at radius 2 is 1.88 bits per heavy atom. The number of hydrogen-bond donors (Lipinski definition) is 0. The van der Waals surface area contributed by atoms with Gasteiger partial charge in [-0.25, -0.2) is 14.2 Å². The van der Waals surface area contributed by atoms with E-state index < -0.39 is 12.0 Å². The van der Waals surface area contributed by atoms with Crippen molar-refractivity contribution >= 4 is 39.3 Å². The number of allylic oxidation sites excluding steroid dienone is 1. The lowest BCUT2D eigenvalue weighted by Gasteiger charge is -2.25. The van der Waals surface area contributed by atoms with E-state index in [2.05, 4.69) is 20.9 Å². The molecule has 4 aromatic rings. The fourth-order valence-electron chi connectivity index (χ4n) is 4.60. The van der Waals surface area contributed by atoms with Crippen LogP contribution in [0.4, 0.5) is 4.39 Å². The van der Waals surface area contributed by atoms with Gasteiger partial charge in [0.25, 0.3) is 5.56 Å². The Bertz CT molecular complexity index is 1850. The molecule has 7 nitrogen and oxygen atoms in total. The van der Waals surface area contributed by atoms with Gasteiger partial charge in [0.1, 0.15) is 23.9 Å². The summed E-state index contributed by atoms with van der Waals surface area (Å²) < 4.78 is 33.4. The Morgan fingerprint density at radius 3 is 2.61 bits per heavy atom. The fraction of sp³-hybridized carbons (Fsp3) is 0.194. The van der Waals surface area contributed by atoms with Crippen molar-refractivity contribution in [2.24, 2.45) is 4.99 Å². The summed E-state index contributed by atoms with van der Waals surface area (Å²) in [4.78, 5) is 32.2. The third kappa shape index (κ3) is 5.75. The topological polar surface area (TPSA) is 79.1 Å². The third-order valence-corrected chi connectivity index (χ3v) is 8.16. The number of aromatic nitrogens is 1. The summed E-state index contributed by atoms with van der Waals surface area (Å²) in [5.74, 6) is 0.232. The van der Waals surface area contributed by atoms with Crippen LogP contribution in [-0.2, 0) is 16.1 Å². The lowest BCUT2D eigenvalue weighted by atomic mass is 9.96. The SMILES string of the molecule is CCOC(=O)C1=C(C)N=c2s/c(=C/c3ccccc3OCc3ccccc3F)c(=O)n2[C@@H]1c1ccc(OC)c(Br)c1. The number of nitrogens with zero attached hydrogens (tertiary/aromatic N) is 2. The monoisotopic (exact) mass is 636 g/mol. The lowest BCUT2D eigenvalue weighted by Crippen LogP contribution is -2.40. The van der Waals surface area contributed by atoms with Gasteiger partial charge in [-0.05, 0) is 65.7 Å². The highest BCUT2D eigenvalue weighted by molar-refractivity contribution is 9.10. The summed E-state index contributed by atoms with van der Waals surface area (Å²) in [6.07, 6.45) is 1.73. The summed E-state index contributed by atoms with van der Waals surface area (Å²) in [6, 6.07) is 18.3. The predicted molar refractivity (Wildman–Crippen MR) is 158 cm³/mol. The summed E-state index contributed by atoms with van der Waals surface area (Å²) in [5.41, 5.74) is 2.21. The Morgan fingerprint density at radius 1 is 1.12 bits per heavy atom. The van der Waals surface area contributed by atoms with Crippen LogP contribution in [0.15, 0.2) is 92.3 Å². The highest BCUT2D eigenvalue weighted by Gasteiger charge is 2.33. The first kappa shape index (κ1) is 28.5. The quantitative estimate of drug-likeness (QED) is 0.246. The molecule has 0 saturated carbocycles. The molecule has 0 bridgehead atoms. The molecule has 2 heterocycles. The molecule has 0 radical (unpaired) electrons. The largest absolute Gasteiger partial charge is 0.496 e. The number of methoxy groups -OCH3 is 1. The zero-order valence-electron chi connectivity index (χ0n) is 22.5. The van der Waals surface area contributed by atoms with E-state index in [-0.39, 0.29) is 30.2 Å². The molecule has 0 unspecified atom stereocenters. The normalized spacial score (nSPS) is 14.9. The molecule has 1 aliphatic heterocycles. The highest BCUT2D eigenvalue weighted by atomic mass is 79.9. The third-order valence-electron chi connectivity index (χ3n) is 6.56. The van der Waals surface area contributed by atoms with Crippen molar-refractivity contribution in [3.05, 3.63) is 125 Å². The molecule has 5 rings (SSSR count). The van der Waals surface area contributed by atoms with Crippen molar-refractivity contribution in [3.8, 4) is 11.5 Å². The average Bonchev–Trinajstić information content (AvgIpc) is 3.26. The number of hydrogen-bond acceptors (Lipinski definition) is 7. The second kappa shape index (κ2) is 12.2. The molecule has 41 heavy (non-hydrogen) atoms. The van der Waals surface area contributed by atoms with Crippen LogP contribution in [0.25, 0.3) is 6.08 Å². The van der Waals surface area contributed by atoms with Gasteiger partial charge in [-0.15, -0.1) is 0 Å². The van der Waals surface area contributed by atoms with Crippen LogP contribution in [0, 0.1) is 5.82 Å². The number of halogens is 2. The predicted octanol–water partition coefficient (Wildman–Crippen LogP) is 5.29. The van der Waals surface area contributed by atoms with E-state index in [0.29, 0.717) is 47.7 Å². The van der Waals surface area contributed by atoms with Gasteiger partial charge in [0.2, 0.25) is 0 Å². The van der Waals surface area contributed by atoms with Crippen LogP contribution in [-0.4, -0.2) is 24.3 Å². The fourth-order valence-corrected chi connectivity index (χ4v) is 6.20. The van der Waals surface area contributed by atoms with Crippen LogP contribution in [0.3, 0.4) is 0 Å². The number of carbonyl (C=O) groups excluding carboxylic acids is 1. The van der Waals surface area contributed by atoms with Crippen molar-refractivity contribution in [1.82, 2.24) is 4.57 Å². The van der Waals surface area contributed by atoms with E-state index in [1.165, 1.54) is 22.0 Å². The number of benzene rings is 3. The van der Waals surface area contributed by atoms with Crippen molar-refractivity contribution in [1.29, 1.82) is 0 Å². The molecular weight excluding hydrogens is 611 g/mol. The van der Waals surface area contributed by atoms with Crippen molar-refractivity contribution in [2.45, 2.75) is 26.5 Å². The highest BCUT2D eigenvalue weighted by Crippen LogP contribution is 2.35. The summed E-state index contributed by atoms with van der Waals surface area (Å²) in [5, 5.41) is 0. The molecule has 10 heteroatoms. The van der Waals surface area contributed by atoms with E-state index in [4.69, 9.17) is 14.2 Å². The van der Waals surface area contributed by atoms with E-state index in [1.54, 1.807) is 57.4 Å². The first-order valence-corrected chi connectivity index (χ1v) is 14.4. The molecule has 0 aliphatic carbocycles. The minimum atomic E-state index is -0.762. The average molecular weight is 638 g/mol. The lowest BCUT2D eigenvalue weighted by molar-refractivity contribution is -0.139. The molecule has 1 atom stereocenters. The van der Waals surface area contributed by atoms with Gasteiger partial charge in [0.05, 0.1) is 40.0 Å². The number of ether oxygens (including phenoxy) is 3. The van der Waals surface area contributed by atoms with Gasteiger partial charge in [0, 0.05) is 11.1 Å². The molecule has 1 aliphatic rings. The molecule has 3 aromatic carbocycles. The number of para-hydroxylation sites is 1. The Kier molecular flexibility index (Phi) is 8.51. The molecule has 0 fully saturated rings. The van der Waals surface area contributed by atoms with Crippen molar-refractivity contribution < 1.29 is 23.4 Å². The molecule has 0 saturated heterocycles. The summed E-state index contributed by atoms with van der Waals surface area (Å²) in [7, 11) is 1.56. The maximum absolute atomic E-state index is 14.1. The maximum atomic E-state index is 14.1. The zero-order chi connectivity index (χ0) is 29.1. The van der Waals surface area contributed by atoms with Crippen molar-refractivity contribution in [2.75, 3.05) is 13.7 Å². The van der Waals surface area contributed by atoms with E-state index >= 15 is 0 Å². The van der Waals surface area contributed by atoms with Gasteiger partial charge in [-0.3, -0.25) is 9.36 Å². The standard InChI is InChI=1S/C31H26BrFN2O5S/c1-4-39-30(37)27-18(2)34-31-35(28(27)20-13-14-25(38-3)22(32)15-20)29(36)26(41-31)16-19-9-6-8-12-24(19)40-17-21-10-5-7-11-23(21)33/h5-16,28H,4,17H2,1-3H3/b26-16+/t28-/m1/s1. The number of thiazole rings is 1. The van der Waals surface area contributed by atoms with Crippen LogP contribution >= 0.6 is 27.3 Å². The van der Waals surface area contributed by atoms with Gasteiger partial charge < -0.3 is 14.2 Å². The molecule has 0 spiro atoms. The van der Waals surface area contributed by atoms with E-state index in [0.717, 1.165) is 0 Å². The Hall–Kier alpha value is -4.02. The number of esters is 1. The second-order valence-electron chi connectivity index (χ2n) is 9.11. The maximum Gasteiger partial charge on any atom is 0.338 e. The van der Waals surface area contributed by atoms with Crippen LogP contribution in [0.1, 0.15) is 36.6 Å². The molecule has 1 aromatic heterocycles. The van der Waals surface area contributed by atoms with Crippen molar-refractivity contribution in [3.63, 3.8) is 0 Å². The first-order chi connectivity index (χ1) is 19.8. The van der Waals surface area contributed by atoms with Gasteiger partial charge in [-0.2, -0.15) is 0 Å². The Labute approximate surface area is 248 Å². The van der Waals surface area contributed by atoms with Crippen LogP contribution in [0.2, 0.25) is 0 Å². The van der Waals surface area contributed by atoms with Crippen LogP contribution in [0.5, 0.6) is 11.5 Å². The number of carbonyl (C=O) groups is 1. The van der Waals surface area contributed by atoms with E-state index in [1.807, 2.05) is 30.3 Å². The summed E-state index contributed by atoms with van der Waals surface area (Å²) >= 11 is 4.73. The molecule has 0 N–H and O–H groups in total.